The molecule has 15 nitrogen and oxygen atoms in total. The molecule has 1 aliphatic carbocycles. The van der Waals surface area contributed by atoms with E-state index in [1.807, 2.05) is 25.3 Å². The fourth-order valence-corrected chi connectivity index (χ4v) is 6.63. The molecule has 7 rings (SSSR count). The van der Waals surface area contributed by atoms with E-state index in [-0.39, 0.29) is 6.10 Å². The third kappa shape index (κ3) is 7.73. The van der Waals surface area contributed by atoms with Gasteiger partial charge in [-0.2, -0.15) is 5.26 Å². The van der Waals surface area contributed by atoms with Crippen LogP contribution in [0.4, 0.5) is 11.6 Å². The lowest BCUT2D eigenvalue weighted by Gasteiger charge is -2.38. The standard InChI is InChI=1S/C33H41N11O4/c1-23(18-43-22-37-40-41-43)48-31-14-25(2-3-26(31)15-34)27-16-35-33(36-17-27)38-30-19-44(39-32(30)47-21-24-8-11-46-20-24)29-6-4-28(5-7-29)42-9-12-45-13-10-42/h2-3,14,16-17,19,22-24,28-29H,4-13,18,20-21H2,1H3,(H,35,36,38)/t23-,24?,28-,29-/m0/s1. The molecule has 4 aromatic rings. The van der Waals surface area contributed by atoms with Crippen LogP contribution in [-0.2, 0) is 16.0 Å². The summed E-state index contributed by atoms with van der Waals surface area (Å²) in [4.78, 5) is 11.8. The Bertz CT molecular complexity index is 1650. The Morgan fingerprint density at radius 3 is 2.56 bits per heavy atom. The van der Waals surface area contributed by atoms with Crippen LogP contribution in [0.1, 0.15) is 50.6 Å². The van der Waals surface area contributed by atoms with Gasteiger partial charge in [0.1, 0.15) is 29.9 Å². The number of tetrazole rings is 1. The first kappa shape index (κ1) is 31.9. The molecular weight excluding hydrogens is 614 g/mol. The van der Waals surface area contributed by atoms with E-state index in [1.165, 1.54) is 6.33 Å². The van der Waals surface area contributed by atoms with Crippen molar-refractivity contribution in [2.75, 3.05) is 51.4 Å². The number of hydrogen-bond acceptors (Lipinski definition) is 13. The SMILES string of the molecule is C[C@@H](Cn1cnnn1)Oc1cc(-c2cnc(Nc3cn([C@H]4CC[C@H](N5CCOCC5)CC4)nc3OCC3CCOC3)nc2)ccc1C#N. The van der Waals surface area contributed by atoms with Gasteiger partial charge in [0.25, 0.3) is 5.88 Å². The number of nitrogens with one attached hydrogen (secondary N) is 1. The van der Waals surface area contributed by atoms with E-state index in [0.717, 1.165) is 81.8 Å². The number of rotatable bonds is 12. The summed E-state index contributed by atoms with van der Waals surface area (Å²) in [6.45, 7) is 8.07. The first-order chi connectivity index (χ1) is 23.6. The lowest BCUT2D eigenvalue weighted by molar-refractivity contribution is 0.00502. The number of ether oxygens (including phenoxy) is 4. The molecule has 2 saturated heterocycles. The zero-order valence-corrected chi connectivity index (χ0v) is 27.1. The lowest BCUT2D eigenvalue weighted by Crippen LogP contribution is -2.45. The van der Waals surface area contributed by atoms with Crippen LogP contribution < -0.4 is 14.8 Å². The third-order valence-electron chi connectivity index (χ3n) is 9.28. The van der Waals surface area contributed by atoms with E-state index in [0.29, 0.717) is 60.9 Å². The molecule has 252 valence electrons. The van der Waals surface area contributed by atoms with E-state index in [4.69, 9.17) is 24.0 Å². The summed E-state index contributed by atoms with van der Waals surface area (Å²) >= 11 is 0. The van der Waals surface area contributed by atoms with Crippen molar-refractivity contribution < 1.29 is 18.9 Å². The largest absolute Gasteiger partial charge is 0.487 e. The highest BCUT2D eigenvalue weighted by atomic mass is 16.5. The van der Waals surface area contributed by atoms with Gasteiger partial charge in [-0.25, -0.2) is 14.6 Å². The Morgan fingerprint density at radius 2 is 1.83 bits per heavy atom. The van der Waals surface area contributed by atoms with Gasteiger partial charge in [0.2, 0.25) is 5.95 Å². The maximum atomic E-state index is 9.67. The summed E-state index contributed by atoms with van der Waals surface area (Å²) < 4.78 is 27.1. The second-order valence-corrected chi connectivity index (χ2v) is 12.7. The van der Waals surface area contributed by atoms with Gasteiger partial charge in [-0.3, -0.25) is 9.58 Å². The van der Waals surface area contributed by atoms with Crippen molar-refractivity contribution in [1.29, 1.82) is 5.26 Å². The van der Waals surface area contributed by atoms with Gasteiger partial charge in [0, 0.05) is 49.6 Å². The minimum Gasteiger partial charge on any atom is -0.487 e. The molecule has 1 saturated carbocycles. The fraction of sp³-hybridized carbons (Fsp3) is 0.545. The Hall–Kier alpha value is -4.65. The summed E-state index contributed by atoms with van der Waals surface area (Å²) in [6.07, 6.45) is 12.2. The minimum absolute atomic E-state index is 0.267. The molecule has 5 heterocycles. The molecule has 0 bridgehead atoms. The smallest absolute Gasteiger partial charge is 0.256 e. The molecule has 0 spiro atoms. The number of hydrogen-bond donors (Lipinski definition) is 1. The lowest BCUT2D eigenvalue weighted by atomic mass is 9.90. The molecule has 3 fully saturated rings. The molecule has 3 aliphatic rings. The van der Waals surface area contributed by atoms with Crippen molar-refractivity contribution in [3.8, 4) is 28.8 Å². The molecule has 0 radical (unpaired) electrons. The molecule has 1 N–H and O–H groups in total. The molecular formula is C33H41N11O4. The highest BCUT2D eigenvalue weighted by molar-refractivity contribution is 5.67. The second kappa shape index (κ2) is 15.1. The Morgan fingerprint density at radius 1 is 1.02 bits per heavy atom. The Kier molecular flexibility index (Phi) is 10.0. The van der Waals surface area contributed by atoms with Crippen molar-refractivity contribution >= 4 is 11.6 Å². The predicted molar refractivity (Wildman–Crippen MR) is 174 cm³/mol. The second-order valence-electron chi connectivity index (χ2n) is 12.7. The van der Waals surface area contributed by atoms with E-state index >= 15 is 0 Å². The van der Waals surface area contributed by atoms with Crippen LogP contribution in [0.15, 0.2) is 43.1 Å². The Balaban J connectivity index is 1.04. The van der Waals surface area contributed by atoms with Gasteiger partial charge in [-0.1, -0.05) is 6.07 Å². The van der Waals surface area contributed by atoms with Crippen LogP contribution in [0.5, 0.6) is 11.6 Å². The predicted octanol–water partition coefficient (Wildman–Crippen LogP) is 3.64. The molecule has 1 unspecified atom stereocenters. The number of anilines is 2. The molecule has 1 aromatic carbocycles. The maximum absolute atomic E-state index is 9.67. The minimum atomic E-state index is -0.267. The van der Waals surface area contributed by atoms with Gasteiger partial charge in [-0.05, 0) is 67.2 Å². The van der Waals surface area contributed by atoms with Crippen molar-refractivity contribution in [3.05, 3.63) is 48.7 Å². The van der Waals surface area contributed by atoms with Crippen LogP contribution in [-0.4, -0.2) is 103 Å². The van der Waals surface area contributed by atoms with Crippen molar-refractivity contribution in [2.45, 2.75) is 63.8 Å². The number of aromatic nitrogens is 8. The number of nitriles is 1. The van der Waals surface area contributed by atoms with Crippen molar-refractivity contribution in [1.82, 2.24) is 44.9 Å². The average molecular weight is 656 g/mol. The molecule has 48 heavy (non-hydrogen) atoms. The average Bonchev–Trinajstić information content (AvgIpc) is 3.92. The number of morpholine rings is 1. The summed E-state index contributed by atoms with van der Waals surface area (Å²) in [5.41, 5.74) is 2.79. The van der Waals surface area contributed by atoms with E-state index in [1.54, 1.807) is 23.1 Å². The van der Waals surface area contributed by atoms with Gasteiger partial charge >= 0.3 is 0 Å². The first-order valence-electron chi connectivity index (χ1n) is 16.7. The van der Waals surface area contributed by atoms with Gasteiger partial charge in [0.15, 0.2) is 0 Å². The highest BCUT2D eigenvalue weighted by Crippen LogP contribution is 2.35. The maximum Gasteiger partial charge on any atom is 0.256 e. The quantitative estimate of drug-likeness (QED) is 0.236. The summed E-state index contributed by atoms with van der Waals surface area (Å²) in [6, 6.07) is 8.55. The van der Waals surface area contributed by atoms with Crippen LogP contribution in [0.25, 0.3) is 11.1 Å². The highest BCUT2D eigenvalue weighted by Gasteiger charge is 2.29. The van der Waals surface area contributed by atoms with Crippen LogP contribution in [0.2, 0.25) is 0 Å². The Labute approximate surface area is 279 Å². The zero-order chi connectivity index (χ0) is 32.7. The van der Waals surface area contributed by atoms with E-state index < -0.39 is 0 Å². The van der Waals surface area contributed by atoms with Gasteiger partial charge in [0.05, 0.1) is 50.8 Å². The fourth-order valence-electron chi connectivity index (χ4n) is 6.63. The van der Waals surface area contributed by atoms with Crippen LogP contribution >= 0.6 is 0 Å². The van der Waals surface area contributed by atoms with Crippen molar-refractivity contribution in [2.24, 2.45) is 5.92 Å². The summed E-state index contributed by atoms with van der Waals surface area (Å²) in [5, 5.41) is 29.1. The summed E-state index contributed by atoms with van der Waals surface area (Å²) in [7, 11) is 0. The topological polar surface area (TPSA) is 163 Å². The normalized spacial score (nSPS) is 22.2. The summed E-state index contributed by atoms with van der Waals surface area (Å²) in [5.74, 6) is 1.81. The van der Waals surface area contributed by atoms with Crippen LogP contribution in [0, 0.1) is 17.2 Å². The number of nitrogens with zero attached hydrogens (tertiary/aromatic N) is 10. The van der Waals surface area contributed by atoms with Crippen LogP contribution in [0.3, 0.4) is 0 Å². The molecule has 15 heteroatoms. The van der Waals surface area contributed by atoms with E-state index in [9.17, 15) is 5.26 Å². The van der Waals surface area contributed by atoms with E-state index in [2.05, 4.69) is 46.5 Å². The molecule has 2 aliphatic heterocycles. The molecule has 2 atom stereocenters. The molecule has 0 amide bonds. The van der Waals surface area contributed by atoms with Crippen molar-refractivity contribution in [3.63, 3.8) is 0 Å². The number of benzene rings is 1. The zero-order valence-electron chi connectivity index (χ0n) is 27.1. The third-order valence-corrected chi connectivity index (χ3v) is 9.28. The van der Waals surface area contributed by atoms with Gasteiger partial charge < -0.3 is 24.3 Å². The first-order valence-corrected chi connectivity index (χ1v) is 16.7. The molecule has 3 aromatic heterocycles. The monoisotopic (exact) mass is 655 g/mol. The van der Waals surface area contributed by atoms with Gasteiger partial charge in [-0.15, -0.1) is 10.2 Å².